The van der Waals surface area contributed by atoms with Gasteiger partial charge in [-0.15, -0.1) is 10.2 Å². The van der Waals surface area contributed by atoms with Gasteiger partial charge < -0.3 is 9.15 Å². The van der Waals surface area contributed by atoms with Crippen LogP contribution in [0.3, 0.4) is 0 Å². The normalized spacial score (nSPS) is 28.8. The highest BCUT2D eigenvalue weighted by Gasteiger charge is 2.46. The van der Waals surface area contributed by atoms with Gasteiger partial charge in [0.15, 0.2) is 9.84 Å². The van der Waals surface area contributed by atoms with Gasteiger partial charge in [-0.1, -0.05) is 0 Å². The lowest BCUT2D eigenvalue weighted by Gasteiger charge is -2.43. The van der Waals surface area contributed by atoms with Crippen molar-refractivity contribution in [3.63, 3.8) is 0 Å². The van der Waals surface area contributed by atoms with Crippen LogP contribution in [0.4, 0.5) is 0 Å². The molecule has 0 radical (unpaired) electrons. The Hall–Kier alpha value is -1.03. The number of hydrogen-bond acceptors (Lipinski definition) is 8. The first kappa shape index (κ1) is 15.9. The van der Waals surface area contributed by atoms with E-state index in [9.17, 15) is 8.42 Å². The maximum atomic E-state index is 12.1. The fraction of sp³-hybridized carbons (Fsp3) is 0.846. The van der Waals surface area contributed by atoms with Gasteiger partial charge >= 0.3 is 0 Å². The molecular formula is C13H22N4O4S. The molecule has 0 aromatic carbocycles. The molecule has 3 heterocycles. The molecule has 9 heteroatoms. The molecule has 22 heavy (non-hydrogen) atoms. The second-order valence-electron chi connectivity index (χ2n) is 5.93. The molecule has 0 amide bonds. The molecule has 2 saturated heterocycles. The maximum Gasteiger partial charge on any atom is 0.230 e. The molecular weight excluding hydrogens is 308 g/mol. The fourth-order valence-electron chi connectivity index (χ4n) is 3.35. The second kappa shape index (κ2) is 6.23. The zero-order valence-electron chi connectivity index (χ0n) is 12.9. The molecule has 0 unspecified atom stereocenters. The summed E-state index contributed by atoms with van der Waals surface area (Å²) < 4.78 is 34.7. The van der Waals surface area contributed by atoms with Crippen molar-refractivity contribution in [2.75, 3.05) is 44.9 Å². The smallest absolute Gasteiger partial charge is 0.230 e. The molecule has 0 aliphatic carbocycles. The van der Waals surface area contributed by atoms with Crippen LogP contribution in [-0.4, -0.2) is 85.4 Å². The van der Waals surface area contributed by atoms with Gasteiger partial charge in [0.05, 0.1) is 24.7 Å². The van der Waals surface area contributed by atoms with Crippen LogP contribution < -0.4 is 0 Å². The van der Waals surface area contributed by atoms with Crippen molar-refractivity contribution in [2.24, 2.45) is 0 Å². The van der Waals surface area contributed by atoms with Crippen LogP contribution in [-0.2, 0) is 21.1 Å². The first-order chi connectivity index (χ1) is 10.5. The van der Waals surface area contributed by atoms with Crippen LogP contribution in [0, 0.1) is 6.92 Å². The molecule has 2 atom stereocenters. The van der Waals surface area contributed by atoms with Gasteiger partial charge in [-0.3, -0.25) is 9.80 Å². The highest BCUT2D eigenvalue weighted by Crippen LogP contribution is 2.27. The second-order valence-corrected chi connectivity index (χ2v) is 8.08. The molecule has 2 aliphatic rings. The van der Waals surface area contributed by atoms with E-state index in [2.05, 4.69) is 20.0 Å². The van der Waals surface area contributed by atoms with Crippen molar-refractivity contribution < 1.29 is 17.6 Å². The number of piperazine rings is 1. The number of aryl methyl sites for hydroxylation is 1. The molecule has 124 valence electrons. The van der Waals surface area contributed by atoms with Gasteiger partial charge in [0.25, 0.3) is 0 Å². The number of ether oxygens (including phenoxy) is 1. The van der Waals surface area contributed by atoms with Gasteiger partial charge in [-0.25, -0.2) is 8.42 Å². The zero-order valence-corrected chi connectivity index (χ0v) is 13.8. The Labute approximate surface area is 130 Å². The van der Waals surface area contributed by atoms with Crippen LogP contribution >= 0.6 is 0 Å². The van der Waals surface area contributed by atoms with E-state index in [0.29, 0.717) is 24.9 Å². The first-order valence-corrected chi connectivity index (χ1v) is 9.27. The van der Waals surface area contributed by atoms with Gasteiger partial charge in [0.1, 0.15) is 0 Å². The van der Waals surface area contributed by atoms with E-state index in [1.54, 1.807) is 14.0 Å². The lowest BCUT2D eigenvalue weighted by Crippen LogP contribution is -2.59. The zero-order chi connectivity index (χ0) is 15.7. The number of rotatable bonds is 5. The summed E-state index contributed by atoms with van der Waals surface area (Å²) >= 11 is 0. The monoisotopic (exact) mass is 330 g/mol. The fourth-order valence-corrected chi connectivity index (χ4v) is 5.40. The van der Waals surface area contributed by atoms with Crippen molar-refractivity contribution in [2.45, 2.75) is 25.6 Å². The Kier molecular flexibility index (Phi) is 4.49. The Bertz CT molecular complexity index is 617. The summed E-state index contributed by atoms with van der Waals surface area (Å²) in [5.74, 6) is 1.50. The van der Waals surface area contributed by atoms with Crippen LogP contribution in [0.1, 0.15) is 11.8 Å². The Morgan fingerprint density at radius 1 is 1.23 bits per heavy atom. The molecule has 8 nitrogen and oxygen atoms in total. The van der Waals surface area contributed by atoms with E-state index in [4.69, 9.17) is 9.15 Å². The number of methoxy groups -OCH3 is 1. The third-order valence-electron chi connectivity index (χ3n) is 4.39. The average Bonchev–Trinajstić information content (AvgIpc) is 3.00. The van der Waals surface area contributed by atoms with Crippen LogP contribution in [0.5, 0.6) is 0 Å². The third kappa shape index (κ3) is 3.32. The number of aromatic nitrogens is 2. The Balaban J connectivity index is 1.74. The molecule has 1 aromatic heterocycles. The lowest BCUT2D eigenvalue weighted by atomic mass is 10.0. The number of nitrogens with zero attached hydrogens (tertiary/aromatic N) is 4. The van der Waals surface area contributed by atoms with Crippen LogP contribution in [0.2, 0.25) is 0 Å². The number of fused-ring (bicyclic) bond motifs is 1. The number of hydrogen-bond donors (Lipinski definition) is 0. The molecule has 0 N–H and O–H groups in total. The van der Waals surface area contributed by atoms with E-state index in [1.807, 2.05) is 0 Å². The lowest BCUT2D eigenvalue weighted by molar-refractivity contribution is 0.0212. The van der Waals surface area contributed by atoms with Crippen molar-refractivity contribution in [1.82, 2.24) is 20.0 Å². The summed E-state index contributed by atoms with van der Waals surface area (Å²) in [6.45, 7) is 5.26. The highest BCUT2D eigenvalue weighted by atomic mass is 32.2. The predicted molar refractivity (Wildman–Crippen MR) is 79.1 cm³/mol. The summed E-state index contributed by atoms with van der Waals surface area (Å²) in [6, 6.07) is 0.0146. The van der Waals surface area contributed by atoms with Crippen molar-refractivity contribution >= 4 is 9.84 Å². The standard InChI is InChI=1S/C13H22N4O4S/c1-10-14-15-13(21-10)7-17-4-3-16(5-6-20-2)11-8-22(18,19)9-12(11)17/h11-12H,3-9H2,1-2H3/t11-,12+/m1/s1. The quantitative estimate of drug-likeness (QED) is 0.701. The Morgan fingerprint density at radius 3 is 2.55 bits per heavy atom. The minimum Gasteiger partial charge on any atom is -0.424 e. The van der Waals surface area contributed by atoms with Crippen molar-refractivity contribution in [3.8, 4) is 0 Å². The SMILES string of the molecule is COCCN1CCN(Cc2nnc(C)o2)[C@H]2CS(=O)(=O)C[C@H]21. The largest absolute Gasteiger partial charge is 0.424 e. The molecule has 0 saturated carbocycles. The summed E-state index contributed by atoms with van der Waals surface area (Å²) in [5.41, 5.74) is 0. The molecule has 2 fully saturated rings. The summed E-state index contributed by atoms with van der Waals surface area (Å²) in [7, 11) is -1.33. The summed E-state index contributed by atoms with van der Waals surface area (Å²) in [5, 5.41) is 7.85. The van der Waals surface area contributed by atoms with Gasteiger partial charge in [-0.2, -0.15) is 0 Å². The number of sulfone groups is 1. The molecule has 1 aromatic rings. The predicted octanol–water partition coefficient (Wildman–Crippen LogP) is -0.692. The summed E-state index contributed by atoms with van der Waals surface area (Å²) in [4.78, 5) is 4.39. The molecule has 3 rings (SSSR count). The molecule has 0 bridgehead atoms. The average molecular weight is 330 g/mol. The van der Waals surface area contributed by atoms with E-state index in [-0.39, 0.29) is 23.6 Å². The van der Waals surface area contributed by atoms with E-state index in [1.165, 1.54) is 0 Å². The van der Waals surface area contributed by atoms with E-state index < -0.39 is 9.84 Å². The van der Waals surface area contributed by atoms with Crippen LogP contribution in [0.15, 0.2) is 4.42 Å². The Morgan fingerprint density at radius 2 is 1.91 bits per heavy atom. The van der Waals surface area contributed by atoms with E-state index >= 15 is 0 Å². The first-order valence-electron chi connectivity index (χ1n) is 7.45. The van der Waals surface area contributed by atoms with Gasteiger partial charge in [0, 0.05) is 45.8 Å². The van der Waals surface area contributed by atoms with E-state index in [0.717, 1.165) is 19.6 Å². The van der Waals surface area contributed by atoms with Gasteiger partial charge in [-0.05, 0) is 0 Å². The topological polar surface area (TPSA) is 88.8 Å². The highest BCUT2D eigenvalue weighted by molar-refractivity contribution is 7.91. The van der Waals surface area contributed by atoms with Crippen LogP contribution in [0.25, 0.3) is 0 Å². The van der Waals surface area contributed by atoms with Crippen molar-refractivity contribution in [1.29, 1.82) is 0 Å². The molecule has 2 aliphatic heterocycles. The minimum absolute atomic E-state index is 0.0113. The third-order valence-corrected chi connectivity index (χ3v) is 6.09. The van der Waals surface area contributed by atoms with Gasteiger partial charge in [0.2, 0.25) is 11.8 Å². The summed E-state index contributed by atoms with van der Waals surface area (Å²) in [6.07, 6.45) is 0. The van der Waals surface area contributed by atoms with Crippen molar-refractivity contribution in [3.05, 3.63) is 11.8 Å². The maximum absolute atomic E-state index is 12.1. The molecule has 0 spiro atoms. The minimum atomic E-state index is -3.00.